The number of alkyl halides is 1. The van der Waals surface area contributed by atoms with Crippen LogP contribution in [0.2, 0.25) is 5.02 Å². The fourth-order valence-corrected chi connectivity index (χ4v) is 6.41. The quantitative estimate of drug-likeness (QED) is 0.181. The van der Waals surface area contributed by atoms with Gasteiger partial charge < -0.3 is 30.0 Å². The maximum atomic E-state index is 13.5. The minimum atomic E-state index is -1.19. The van der Waals surface area contributed by atoms with Crippen molar-refractivity contribution in [2.24, 2.45) is 17.8 Å². The first-order valence-electron chi connectivity index (χ1n) is 15.7. The number of nitrogens with one attached hydrogen (secondary N) is 2. The van der Waals surface area contributed by atoms with Crippen molar-refractivity contribution in [3.05, 3.63) is 76.8 Å². The normalized spacial score (nSPS) is 24.3. The molecule has 2 aromatic carbocycles. The van der Waals surface area contributed by atoms with Crippen LogP contribution in [0.5, 0.6) is 5.75 Å². The number of methoxy groups -OCH3 is 1. The van der Waals surface area contributed by atoms with Gasteiger partial charge in [0.05, 0.1) is 28.1 Å². The third kappa shape index (κ3) is 11.5. The van der Waals surface area contributed by atoms with Gasteiger partial charge in [0.25, 0.3) is 0 Å². The van der Waals surface area contributed by atoms with Crippen molar-refractivity contribution in [3.8, 4) is 5.75 Å². The predicted octanol–water partition coefficient (Wildman–Crippen LogP) is 5.13. The monoisotopic (exact) mass is 782 g/mol. The van der Waals surface area contributed by atoms with Crippen molar-refractivity contribution in [1.82, 2.24) is 10.6 Å². The highest BCUT2D eigenvalue weighted by Crippen LogP contribution is 2.34. The molecular formula is C35H44ClIN2O8. The highest BCUT2D eigenvalue weighted by molar-refractivity contribution is 14.1. The lowest BCUT2D eigenvalue weighted by Gasteiger charge is -2.31. The van der Waals surface area contributed by atoms with E-state index in [1.807, 2.05) is 44.2 Å². The standard InChI is InChI=1S/C35H44ClIN2O8/c1-20(2)16-29-35(44)46-27(22(4)32(41)31(37)24-10-7-6-8-11-24)12-9-13-30(40)39-26(33(42)38-19-21(3)34(43)47-29)18-23-14-15-28(45-5)25(36)17-23/h6-11,13-15,17,20-22,26-27,29,31-32,41H,12,16,18-19H2,1-5H3,(H,38,42)(H,39,40)/b13-9+/t21-,22+,26-,27+,29+,31+,32-/m1/s1. The lowest BCUT2D eigenvalue weighted by molar-refractivity contribution is -0.177. The van der Waals surface area contributed by atoms with E-state index in [0.29, 0.717) is 16.3 Å². The van der Waals surface area contributed by atoms with Crippen LogP contribution < -0.4 is 15.4 Å². The number of amides is 2. The van der Waals surface area contributed by atoms with E-state index in [4.69, 9.17) is 25.8 Å². The molecule has 1 heterocycles. The minimum absolute atomic E-state index is 0.00460. The van der Waals surface area contributed by atoms with Crippen LogP contribution in [0.15, 0.2) is 60.7 Å². The summed E-state index contributed by atoms with van der Waals surface area (Å²) in [6.07, 6.45) is 0.268. The summed E-state index contributed by atoms with van der Waals surface area (Å²) in [6, 6.07) is 13.6. The molecule has 12 heteroatoms. The summed E-state index contributed by atoms with van der Waals surface area (Å²) in [5, 5.41) is 17.2. The smallest absolute Gasteiger partial charge is 0.347 e. The zero-order chi connectivity index (χ0) is 34.7. The van der Waals surface area contributed by atoms with Gasteiger partial charge in [-0.25, -0.2) is 4.79 Å². The lowest BCUT2D eigenvalue weighted by atomic mass is 9.91. The highest BCUT2D eigenvalue weighted by atomic mass is 127. The van der Waals surface area contributed by atoms with Gasteiger partial charge in [-0.1, -0.05) is 104 Å². The molecule has 0 saturated carbocycles. The van der Waals surface area contributed by atoms with Crippen molar-refractivity contribution in [3.63, 3.8) is 0 Å². The van der Waals surface area contributed by atoms with Crippen LogP contribution in [-0.2, 0) is 35.1 Å². The van der Waals surface area contributed by atoms with E-state index in [1.165, 1.54) is 19.3 Å². The number of esters is 2. The zero-order valence-corrected chi connectivity index (χ0v) is 30.2. The van der Waals surface area contributed by atoms with Crippen molar-refractivity contribution in [2.45, 2.75) is 75.2 Å². The average molecular weight is 783 g/mol. The van der Waals surface area contributed by atoms with E-state index in [1.54, 1.807) is 32.0 Å². The molecule has 0 radical (unpaired) electrons. The van der Waals surface area contributed by atoms with E-state index in [-0.39, 0.29) is 35.6 Å². The summed E-state index contributed by atoms with van der Waals surface area (Å²) >= 11 is 8.46. The number of hydrogen-bond acceptors (Lipinski definition) is 8. The first kappa shape index (κ1) is 38.3. The third-order valence-electron chi connectivity index (χ3n) is 7.93. The molecule has 0 saturated heterocycles. The molecule has 1 aliphatic rings. The van der Waals surface area contributed by atoms with Gasteiger partial charge in [0, 0.05) is 25.3 Å². The number of aliphatic hydroxyl groups is 1. The largest absolute Gasteiger partial charge is 0.495 e. The molecule has 2 amide bonds. The van der Waals surface area contributed by atoms with Crippen LogP contribution in [0.1, 0.15) is 55.6 Å². The molecule has 0 spiro atoms. The number of carbonyl (C=O) groups is 4. The van der Waals surface area contributed by atoms with E-state index in [9.17, 15) is 24.3 Å². The molecule has 0 unspecified atom stereocenters. The number of halogens is 2. The number of carbonyl (C=O) groups excluding carboxylic acids is 4. The molecule has 0 aliphatic carbocycles. The van der Waals surface area contributed by atoms with Crippen molar-refractivity contribution < 1.29 is 38.5 Å². The van der Waals surface area contributed by atoms with Gasteiger partial charge in [0.15, 0.2) is 6.10 Å². The second kappa shape index (κ2) is 18.4. The van der Waals surface area contributed by atoms with Crippen LogP contribution in [0, 0.1) is 17.8 Å². The van der Waals surface area contributed by atoms with E-state index in [2.05, 4.69) is 33.2 Å². The number of aliphatic hydroxyl groups excluding tert-OH is 1. The van der Waals surface area contributed by atoms with E-state index in [0.717, 1.165) is 5.56 Å². The van der Waals surface area contributed by atoms with E-state index >= 15 is 0 Å². The van der Waals surface area contributed by atoms with Crippen molar-refractivity contribution in [2.75, 3.05) is 13.7 Å². The SMILES string of the molecule is COc1ccc(C[C@H]2NC(=O)/C=C/C[C@@H]([C@H](C)[C@@H](O)[C@@H](I)c3ccccc3)OC(=O)[C@H](CC(C)C)OC(=O)[C@H](C)CNC2=O)cc1Cl. The molecule has 256 valence electrons. The minimum Gasteiger partial charge on any atom is -0.495 e. The molecule has 10 nitrogen and oxygen atoms in total. The lowest BCUT2D eigenvalue weighted by Crippen LogP contribution is -2.49. The van der Waals surface area contributed by atoms with Crippen LogP contribution in [0.25, 0.3) is 0 Å². The van der Waals surface area contributed by atoms with Gasteiger partial charge in [0.2, 0.25) is 11.8 Å². The molecule has 3 N–H and O–H groups in total. The molecule has 2 aromatic rings. The molecule has 1 aliphatic heterocycles. The Morgan fingerprint density at radius 2 is 1.74 bits per heavy atom. The summed E-state index contributed by atoms with van der Waals surface area (Å²) in [4.78, 5) is 53.0. The van der Waals surface area contributed by atoms with Crippen LogP contribution in [0.3, 0.4) is 0 Å². The Morgan fingerprint density at radius 1 is 1.04 bits per heavy atom. The molecule has 7 atom stereocenters. The summed E-state index contributed by atoms with van der Waals surface area (Å²) in [7, 11) is 1.50. The van der Waals surface area contributed by atoms with Gasteiger partial charge >= 0.3 is 11.9 Å². The van der Waals surface area contributed by atoms with Gasteiger partial charge in [-0.05, 0) is 41.7 Å². The number of rotatable bonds is 9. The Bertz CT molecular complexity index is 1410. The fraction of sp³-hybridized carbons (Fsp3) is 0.486. The first-order chi connectivity index (χ1) is 22.3. The topological polar surface area (TPSA) is 140 Å². The summed E-state index contributed by atoms with van der Waals surface area (Å²) in [6.45, 7) is 7.05. The van der Waals surface area contributed by atoms with Gasteiger partial charge in [0.1, 0.15) is 17.9 Å². The Hall–Kier alpha value is -3.16. The number of ether oxygens (including phenoxy) is 3. The van der Waals surface area contributed by atoms with E-state index < -0.39 is 59.9 Å². The average Bonchev–Trinajstić information content (AvgIpc) is 3.04. The molecule has 0 aromatic heterocycles. The zero-order valence-electron chi connectivity index (χ0n) is 27.3. The molecule has 0 fully saturated rings. The maximum absolute atomic E-state index is 13.5. The highest BCUT2D eigenvalue weighted by Gasteiger charge is 2.35. The second-order valence-corrected chi connectivity index (χ2v) is 14.0. The van der Waals surface area contributed by atoms with Gasteiger partial charge in [-0.15, -0.1) is 0 Å². The third-order valence-corrected chi connectivity index (χ3v) is 9.68. The Balaban J connectivity index is 1.92. The number of benzene rings is 2. The summed E-state index contributed by atoms with van der Waals surface area (Å²) < 4.78 is 16.5. The van der Waals surface area contributed by atoms with Crippen LogP contribution >= 0.6 is 34.2 Å². The van der Waals surface area contributed by atoms with Crippen molar-refractivity contribution >= 4 is 57.9 Å². The second-order valence-electron chi connectivity index (χ2n) is 12.2. The Morgan fingerprint density at radius 3 is 2.38 bits per heavy atom. The summed E-state index contributed by atoms with van der Waals surface area (Å²) in [5.41, 5.74) is 1.59. The Kier molecular flexibility index (Phi) is 15.0. The first-order valence-corrected chi connectivity index (χ1v) is 17.3. The van der Waals surface area contributed by atoms with Crippen LogP contribution in [-0.4, -0.2) is 66.9 Å². The fourth-order valence-electron chi connectivity index (χ4n) is 5.06. The van der Waals surface area contributed by atoms with Gasteiger partial charge in [-0.3, -0.25) is 14.4 Å². The number of cyclic esters (lactones) is 2. The molecule has 3 rings (SSSR count). The Labute approximate surface area is 295 Å². The van der Waals surface area contributed by atoms with Gasteiger partial charge in [-0.2, -0.15) is 0 Å². The van der Waals surface area contributed by atoms with Crippen molar-refractivity contribution in [1.29, 1.82) is 0 Å². The predicted molar refractivity (Wildman–Crippen MR) is 187 cm³/mol. The molecule has 0 bridgehead atoms. The maximum Gasteiger partial charge on any atom is 0.347 e. The van der Waals surface area contributed by atoms with Crippen LogP contribution in [0.4, 0.5) is 0 Å². The summed E-state index contributed by atoms with van der Waals surface area (Å²) in [5.74, 6) is -3.37. The molecule has 47 heavy (non-hydrogen) atoms. The molecular weight excluding hydrogens is 739 g/mol. The number of hydrogen-bond donors (Lipinski definition) is 3.